The van der Waals surface area contributed by atoms with Gasteiger partial charge in [-0.05, 0) is 84.9 Å². The summed E-state index contributed by atoms with van der Waals surface area (Å²) in [5.74, 6) is 0.504. The number of amides is 1. The van der Waals surface area contributed by atoms with Gasteiger partial charge in [-0.25, -0.2) is 0 Å². The summed E-state index contributed by atoms with van der Waals surface area (Å²) in [6, 6.07) is 11.1. The van der Waals surface area contributed by atoms with Crippen molar-refractivity contribution in [2.24, 2.45) is 5.41 Å². The number of likely N-dealkylation sites (tertiary alicyclic amines) is 1. The summed E-state index contributed by atoms with van der Waals surface area (Å²) in [5.41, 5.74) is -0.833. The van der Waals surface area contributed by atoms with Crippen LogP contribution in [0.5, 0.6) is 5.75 Å². The second kappa shape index (κ2) is 11.3. The minimum absolute atomic E-state index is 0.0823. The topological polar surface area (TPSA) is 54.5 Å². The molecule has 0 atom stereocenters. The largest absolute Gasteiger partial charge is 0.493 e. The molecule has 41 heavy (non-hydrogen) atoms. The third-order valence-electron chi connectivity index (χ3n) is 7.82. The molecule has 1 N–H and O–H groups in total. The van der Waals surface area contributed by atoms with Crippen LogP contribution in [0.4, 0.5) is 26.3 Å². The molecule has 0 unspecified atom stereocenters. The highest BCUT2D eigenvalue weighted by atomic mass is 19.4. The lowest BCUT2D eigenvalue weighted by atomic mass is 9.73. The Bertz CT molecular complexity index is 1350. The fourth-order valence-electron chi connectivity index (χ4n) is 5.60. The van der Waals surface area contributed by atoms with E-state index in [1.165, 1.54) is 5.56 Å². The minimum atomic E-state index is -4.96. The van der Waals surface area contributed by atoms with E-state index in [-0.39, 0.29) is 11.6 Å². The number of piperidine rings is 1. The van der Waals surface area contributed by atoms with Crippen molar-refractivity contribution >= 4 is 5.91 Å². The number of rotatable bonds is 7. The fourth-order valence-corrected chi connectivity index (χ4v) is 5.60. The molecule has 1 amide bonds. The molecular formula is C30H29F6N3O2. The number of pyridine rings is 1. The van der Waals surface area contributed by atoms with E-state index in [2.05, 4.69) is 21.3 Å². The maximum Gasteiger partial charge on any atom is 0.416 e. The highest BCUT2D eigenvalue weighted by Crippen LogP contribution is 2.38. The molecule has 3 heterocycles. The molecule has 2 aliphatic rings. The first kappa shape index (κ1) is 28.9. The number of nitrogens with one attached hydrogen (secondary N) is 1. The molecule has 5 nitrogen and oxygen atoms in total. The van der Waals surface area contributed by atoms with Crippen molar-refractivity contribution in [1.29, 1.82) is 0 Å². The molecule has 1 aromatic heterocycles. The van der Waals surface area contributed by atoms with Gasteiger partial charge in [-0.2, -0.15) is 26.3 Å². The van der Waals surface area contributed by atoms with Crippen LogP contribution in [0, 0.1) is 5.41 Å². The van der Waals surface area contributed by atoms with Crippen LogP contribution in [-0.4, -0.2) is 35.5 Å². The molecule has 2 aromatic carbocycles. The van der Waals surface area contributed by atoms with Crippen LogP contribution in [0.3, 0.4) is 0 Å². The van der Waals surface area contributed by atoms with Crippen molar-refractivity contribution < 1.29 is 35.9 Å². The first-order chi connectivity index (χ1) is 19.4. The van der Waals surface area contributed by atoms with Gasteiger partial charge in [0.1, 0.15) is 5.75 Å². The summed E-state index contributed by atoms with van der Waals surface area (Å²) in [4.78, 5) is 20.0. The Morgan fingerprint density at radius 2 is 1.63 bits per heavy atom. The van der Waals surface area contributed by atoms with Crippen LogP contribution in [0.25, 0.3) is 0 Å². The summed E-state index contributed by atoms with van der Waals surface area (Å²) in [6.45, 7) is 2.11. The second-order valence-corrected chi connectivity index (χ2v) is 10.7. The van der Waals surface area contributed by atoms with E-state index in [1.807, 2.05) is 18.2 Å². The van der Waals surface area contributed by atoms with Gasteiger partial charge in [-0.3, -0.25) is 14.7 Å². The van der Waals surface area contributed by atoms with Gasteiger partial charge >= 0.3 is 12.4 Å². The predicted molar refractivity (Wildman–Crippen MR) is 139 cm³/mol. The van der Waals surface area contributed by atoms with Gasteiger partial charge in [0.05, 0.1) is 23.1 Å². The molecule has 1 saturated heterocycles. The molecule has 0 aliphatic carbocycles. The Labute approximate surface area is 233 Å². The number of carbonyl (C=O) groups is 1. The van der Waals surface area contributed by atoms with Crippen molar-refractivity contribution in [3.63, 3.8) is 0 Å². The predicted octanol–water partition coefficient (Wildman–Crippen LogP) is 6.20. The van der Waals surface area contributed by atoms with Crippen molar-refractivity contribution in [2.45, 2.75) is 51.1 Å². The first-order valence-electron chi connectivity index (χ1n) is 13.3. The normalized spacial score (nSPS) is 17.1. The number of nitrogens with zero attached hydrogens (tertiary/aromatic N) is 2. The van der Waals surface area contributed by atoms with Gasteiger partial charge in [0.25, 0.3) is 0 Å². The number of ether oxygens (including phenoxy) is 1. The zero-order chi connectivity index (χ0) is 29.3. The molecule has 3 aromatic rings. The number of alkyl halides is 6. The molecule has 2 aliphatic heterocycles. The molecule has 0 bridgehead atoms. The summed E-state index contributed by atoms with van der Waals surface area (Å²) >= 11 is 0. The van der Waals surface area contributed by atoms with Gasteiger partial charge in [0, 0.05) is 31.9 Å². The zero-order valence-electron chi connectivity index (χ0n) is 22.1. The Morgan fingerprint density at radius 3 is 2.27 bits per heavy atom. The van der Waals surface area contributed by atoms with Crippen LogP contribution in [0.15, 0.2) is 60.9 Å². The molecule has 0 saturated carbocycles. The Kier molecular flexibility index (Phi) is 8.00. The van der Waals surface area contributed by atoms with E-state index < -0.39 is 41.3 Å². The minimum Gasteiger partial charge on any atom is -0.493 e. The van der Waals surface area contributed by atoms with E-state index in [9.17, 15) is 31.1 Å². The summed E-state index contributed by atoms with van der Waals surface area (Å²) < 4.78 is 85.5. The Hall–Kier alpha value is -3.60. The number of carbonyl (C=O) groups excluding carboxylic acids is 1. The van der Waals surface area contributed by atoms with Gasteiger partial charge in [0.2, 0.25) is 5.91 Å². The van der Waals surface area contributed by atoms with Crippen LogP contribution >= 0.6 is 0 Å². The summed E-state index contributed by atoms with van der Waals surface area (Å²) in [5, 5.41) is 2.65. The van der Waals surface area contributed by atoms with Gasteiger partial charge < -0.3 is 10.1 Å². The monoisotopic (exact) mass is 577 g/mol. The maximum absolute atomic E-state index is 13.6. The number of hydrogen-bond donors (Lipinski definition) is 1. The van der Waals surface area contributed by atoms with E-state index in [0.29, 0.717) is 57.6 Å². The van der Waals surface area contributed by atoms with Crippen molar-refractivity contribution in [2.75, 3.05) is 19.7 Å². The quantitative estimate of drug-likeness (QED) is 0.340. The lowest BCUT2D eigenvalue weighted by Crippen LogP contribution is -2.49. The number of fused-ring (bicyclic) bond motifs is 1. The lowest BCUT2D eigenvalue weighted by molar-refractivity contribution is -0.143. The Morgan fingerprint density at radius 1 is 0.927 bits per heavy atom. The molecule has 5 rings (SSSR count). The number of halogens is 6. The highest BCUT2D eigenvalue weighted by molar-refractivity contribution is 5.83. The van der Waals surface area contributed by atoms with Crippen molar-refractivity contribution in [1.82, 2.24) is 15.2 Å². The molecule has 0 spiro atoms. The Balaban J connectivity index is 1.31. The number of benzene rings is 2. The van der Waals surface area contributed by atoms with Crippen LogP contribution in [-0.2, 0) is 43.1 Å². The molecule has 0 radical (unpaired) electrons. The van der Waals surface area contributed by atoms with Gasteiger partial charge in [-0.1, -0.05) is 18.2 Å². The highest BCUT2D eigenvalue weighted by Gasteiger charge is 2.42. The SMILES string of the molecule is O=C(NCc1cc(C(F)(F)F)cc(C(F)(F)F)c1)C1(Cc2cccnc2)CCN(Cc2ccc3c(c2)CCO3)CC1. The third kappa shape index (κ3) is 6.83. The van der Waals surface area contributed by atoms with Gasteiger partial charge in [-0.15, -0.1) is 0 Å². The number of hydrogen-bond acceptors (Lipinski definition) is 4. The fraction of sp³-hybridized carbons (Fsp3) is 0.400. The van der Waals surface area contributed by atoms with Gasteiger partial charge in [0.15, 0.2) is 0 Å². The average Bonchev–Trinajstić information content (AvgIpc) is 3.40. The average molecular weight is 578 g/mol. The van der Waals surface area contributed by atoms with E-state index in [1.54, 1.807) is 18.5 Å². The van der Waals surface area contributed by atoms with Crippen molar-refractivity contribution in [3.8, 4) is 5.75 Å². The standard InChI is InChI=1S/C30H29F6N3O2/c31-29(32,33)24-13-22(14-25(15-24)30(34,35)36)18-38-27(40)28(16-21-2-1-8-37-17-21)6-9-39(10-7-28)19-20-3-4-26-23(12-20)5-11-41-26/h1-4,8,12-15,17H,5-7,9-11,16,18-19H2,(H,38,40). The lowest BCUT2D eigenvalue weighted by Gasteiger charge is -2.41. The van der Waals surface area contributed by atoms with Crippen molar-refractivity contribution in [3.05, 3.63) is 94.3 Å². The third-order valence-corrected chi connectivity index (χ3v) is 7.82. The first-order valence-corrected chi connectivity index (χ1v) is 13.3. The molecule has 218 valence electrons. The summed E-state index contributed by atoms with van der Waals surface area (Å²) in [7, 11) is 0. The van der Waals surface area contributed by atoms with Crippen LogP contribution < -0.4 is 10.1 Å². The van der Waals surface area contributed by atoms with Crippen LogP contribution in [0.1, 0.15) is 46.2 Å². The molecular weight excluding hydrogens is 548 g/mol. The molecule has 11 heteroatoms. The summed E-state index contributed by atoms with van der Waals surface area (Å²) in [6.07, 6.45) is -4.47. The zero-order valence-corrected chi connectivity index (χ0v) is 22.1. The number of aromatic nitrogens is 1. The molecule has 1 fully saturated rings. The smallest absolute Gasteiger partial charge is 0.416 e. The second-order valence-electron chi connectivity index (χ2n) is 10.7. The van der Waals surface area contributed by atoms with Crippen LogP contribution in [0.2, 0.25) is 0 Å². The van der Waals surface area contributed by atoms with E-state index in [4.69, 9.17) is 4.74 Å². The maximum atomic E-state index is 13.6. The van der Waals surface area contributed by atoms with E-state index >= 15 is 0 Å². The van der Waals surface area contributed by atoms with E-state index in [0.717, 1.165) is 23.3 Å².